The number of benzene rings is 1. The molecule has 2 rings (SSSR count). The van der Waals surface area contributed by atoms with Crippen molar-refractivity contribution in [3.63, 3.8) is 0 Å². The van der Waals surface area contributed by atoms with Crippen LogP contribution in [0, 0.1) is 0 Å². The highest BCUT2D eigenvalue weighted by Gasteiger charge is 2.37. The number of carbonyl (C=O) groups is 1. The molecule has 1 N–H and O–H groups in total. The molecular weight excluding hydrogens is 392 g/mol. The van der Waals surface area contributed by atoms with Crippen molar-refractivity contribution in [1.29, 1.82) is 0 Å². The summed E-state index contributed by atoms with van der Waals surface area (Å²) in [6.07, 6.45) is 19.6. The van der Waals surface area contributed by atoms with Gasteiger partial charge in [-0.15, -0.1) is 0 Å². The van der Waals surface area contributed by atoms with E-state index >= 15 is 0 Å². The highest BCUT2D eigenvalue weighted by Crippen LogP contribution is 2.46. The fourth-order valence-corrected chi connectivity index (χ4v) is 5.14. The predicted molar refractivity (Wildman–Crippen MR) is 138 cm³/mol. The molecule has 0 radical (unpaired) electrons. The van der Waals surface area contributed by atoms with Gasteiger partial charge in [-0.3, -0.25) is 0 Å². The van der Waals surface area contributed by atoms with Gasteiger partial charge in [-0.2, -0.15) is 0 Å². The van der Waals surface area contributed by atoms with Gasteiger partial charge in [-0.1, -0.05) is 123 Å². The summed E-state index contributed by atoms with van der Waals surface area (Å²) in [7, 11) is 0. The lowest BCUT2D eigenvalue weighted by Gasteiger charge is -2.42. The van der Waals surface area contributed by atoms with E-state index < -0.39 is 5.97 Å². The van der Waals surface area contributed by atoms with Crippen molar-refractivity contribution >= 4 is 11.5 Å². The summed E-state index contributed by atoms with van der Waals surface area (Å²) < 4.78 is 0. The minimum Gasteiger partial charge on any atom is -0.478 e. The Morgan fingerprint density at radius 1 is 0.812 bits per heavy atom. The van der Waals surface area contributed by atoms with Crippen LogP contribution in [0.15, 0.2) is 24.3 Å². The summed E-state index contributed by atoms with van der Waals surface area (Å²) in [5, 5.41) is 9.87. The number of fused-ring (bicyclic) bond motifs is 1. The molecule has 0 amide bonds. The second-order valence-electron chi connectivity index (χ2n) is 11.3. The maximum absolute atomic E-state index is 12.0. The maximum atomic E-state index is 12.0. The van der Waals surface area contributed by atoms with Gasteiger partial charge in [0.2, 0.25) is 0 Å². The largest absolute Gasteiger partial charge is 0.478 e. The van der Waals surface area contributed by atoms with Crippen LogP contribution in [-0.4, -0.2) is 11.1 Å². The SMILES string of the molecule is CCCCCCCCCCCCCC=C(C(=O)O)c1ccc2c(c1)C(C)(C)CCC2(C)C. The first-order valence-electron chi connectivity index (χ1n) is 13.3. The van der Waals surface area contributed by atoms with E-state index in [1.165, 1.54) is 81.8 Å². The van der Waals surface area contributed by atoms with Gasteiger partial charge in [0.05, 0.1) is 5.57 Å². The molecule has 0 saturated heterocycles. The highest BCUT2D eigenvalue weighted by molar-refractivity contribution is 6.15. The van der Waals surface area contributed by atoms with Gasteiger partial charge in [0, 0.05) is 0 Å². The molecule has 0 aromatic heterocycles. The number of carboxylic acids is 1. The van der Waals surface area contributed by atoms with E-state index in [4.69, 9.17) is 0 Å². The van der Waals surface area contributed by atoms with Gasteiger partial charge >= 0.3 is 5.97 Å². The van der Waals surface area contributed by atoms with Crippen molar-refractivity contribution in [3.05, 3.63) is 41.0 Å². The number of aliphatic carboxylic acids is 1. The third kappa shape index (κ3) is 7.78. The molecule has 1 aliphatic rings. The zero-order chi connectivity index (χ0) is 23.6. The molecule has 0 aliphatic heterocycles. The molecule has 0 saturated carbocycles. The van der Waals surface area contributed by atoms with Crippen molar-refractivity contribution in [2.24, 2.45) is 0 Å². The number of hydrogen-bond acceptors (Lipinski definition) is 1. The van der Waals surface area contributed by atoms with Crippen LogP contribution in [0.1, 0.15) is 141 Å². The Balaban J connectivity index is 1.86. The molecule has 0 spiro atoms. The number of unbranched alkanes of at least 4 members (excludes halogenated alkanes) is 11. The Labute approximate surface area is 197 Å². The van der Waals surface area contributed by atoms with Gasteiger partial charge < -0.3 is 5.11 Å². The van der Waals surface area contributed by atoms with Crippen LogP contribution in [0.5, 0.6) is 0 Å². The fourth-order valence-electron chi connectivity index (χ4n) is 5.14. The summed E-state index contributed by atoms with van der Waals surface area (Å²) in [5.41, 5.74) is 4.30. The molecule has 0 heterocycles. The van der Waals surface area contributed by atoms with Crippen LogP contribution in [-0.2, 0) is 15.6 Å². The molecule has 1 aromatic carbocycles. The van der Waals surface area contributed by atoms with Gasteiger partial charge in [0.25, 0.3) is 0 Å². The van der Waals surface area contributed by atoms with Crippen LogP contribution < -0.4 is 0 Å². The van der Waals surface area contributed by atoms with E-state index in [1.807, 2.05) is 12.1 Å². The highest BCUT2D eigenvalue weighted by atomic mass is 16.4. The Morgan fingerprint density at radius 2 is 1.31 bits per heavy atom. The Kier molecular flexibility index (Phi) is 10.5. The molecular formula is C30H48O2. The van der Waals surface area contributed by atoms with E-state index in [1.54, 1.807) is 0 Å². The third-order valence-electron chi connectivity index (χ3n) is 7.55. The zero-order valence-electron chi connectivity index (χ0n) is 21.6. The first-order valence-corrected chi connectivity index (χ1v) is 13.3. The van der Waals surface area contributed by atoms with Gasteiger partial charge in [0.1, 0.15) is 0 Å². The Morgan fingerprint density at radius 3 is 1.84 bits per heavy atom. The molecule has 1 aromatic rings. The summed E-state index contributed by atoms with van der Waals surface area (Å²) in [4.78, 5) is 12.0. The Bertz CT molecular complexity index is 754. The second-order valence-corrected chi connectivity index (χ2v) is 11.3. The van der Waals surface area contributed by atoms with Crippen LogP contribution in [0.25, 0.3) is 5.57 Å². The molecule has 0 bridgehead atoms. The van der Waals surface area contributed by atoms with Crippen molar-refractivity contribution in [1.82, 2.24) is 0 Å². The molecule has 2 heteroatoms. The average molecular weight is 441 g/mol. The second kappa shape index (κ2) is 12.6. The molecule has 0 atom stereocenters. The standard InChI is InChI=1S/C30H48O2/c1-6-7-8-9-10-11-12-13-14-15-16-17-18-25(28(31)32)24-19-20-26-27(23-24)30(4,5)22-21-29(26,2)3/h18-20,23H,6-17,21-22H2,1-5H3,(H,31,32). The smallest absolute Gasteiger partial charge is 0.335 e. The lowest BCUT2D eigenvalue weighted by Crippen LogP contribution is -2.33. The van der Waals surface area contributed by atoms with Crippen LogP contribution in [0.3, 0.4) is 0 Å². The van der Waals surface area contributed by atoms with Crippen LogP contribution >= 0.6 is 0 Å². The summed E-state index contributed by atoms with van der Waals surface area (Å²) in [6.45, 7) is 11.5. The third-order valence-corrected chi connectivity index (χ3v) is 7.55. The van der Waals surface area contributed by atoms with E-state index in [2.05, 4.69) is 46.8 Å². The monoisotopic (exact) mass is 440 g/mol. The molecule has 2 nitrogen and oxygen atoms in total. The molecule has 1 aliphatic carbocycles. The normalized spacial score (nSPS) is 17.2. The summed E-state index contributed by atoms with van der Waals surface area (Å²) >= 11 is 0. The van der Waals surface area contributed by atoms with Gasteiger partial charge in [-0.05, 0) is 53.2 Å². The first kappa shape index (κ1) is 26.7. The average Bonchev–Trinajstić information content (AvgIpc) is 2.74. The molecule has 180 valence electrons. The van der Waals surface area contributed by atoms with Crippen LogP contribution in [0.2, 0.25) is 0 Å². The van der Waals surface area contributed by atoms with Gasteiger partial charge in [-0.25, -0.2) is 4.79 Å². The summed E-state index contributed by atoms with van der Waals surface area (Å²) in [5.74, 6) is -0.805. The first-order chi connectivity index (χ1) is 15.2. The van der Waals surface area contributed by atoms with E-state index in [-0.39, 0.29) is 10.8 Å². The lowest BCUT2D eigenvalue weighted by atomic mass is 9.63. The minimum absolute atomic E-state index is 0.0977. The van der Waals surface area contributed by atoms with Crippen molar-refractivity contribution in [3.8, 4) is 0 Å². The molecule has 32 heavy (non-hydrogen) atoms. The van der Waals surface area contributed by atoms with Crippen LogP contribution in [0.4, 0.5) is 0 Å². The minimum atomic E-state index is -0.805. The van der Waals surface area contributed by atoms with Crippen molar-refractivity contribution in [2.75, 3.05) is 0 Å². The topological polar surface area (TPSA) is 37.3 Å². The summed E-state index contributed by atoms with van der Waals surface area (Å²) in [6, 6.07) is 6.38. The van der Waals surface area contributed by atoms with Crippen molar-refractivity contribution in [2.45, 2.75) is 135 Å². The quantitative estimate of drug-likeness (QED) is 0.231. The van der Waals surface area contributed by atoms with E-state index in [0.717, 1.165) is 24.8 Å². The zero-order valence-corrected chi connectivity index (χ0v) is 21.6. The fraction of sp³-hybridized carbons (Fsp3) is 0.700. The molecule has 0 unspecified atom stereocenters. The predicted octanol–water partition coefficient (Wildman–Crippen LogP) is 9.20. The molecule has 0 fully saturated rings. The maximum Gasteiger partial charge on any atom is 0.335 e. The van der Waals surface area contributed by atoms with E-state index in [0.29, 0.717) is 5.57 Å². The lowest BCUT2D eigenvalue weighted by molar-refractivity contribution is -0.130. The van der Waals surface area contributed by atoms with Crippen molar-refractivity contribution < 1.29 is 9.90 Å². The number of hydrogen-bond donors (Lipinski definition) is 1. The van der Waals surface area contributed by atoms with Gasteiger partial charge in [0.15, 0.2) is 0 Å². The van der Waals surface area contributed by atoms with E-state index in [9.17, 15) is 9.90 Å². The Hall–Kier alpha value is -1.57. The number of allylic oxidation sites excluding steroid dienone is 1. The number of rotatable bonds is 14. The number of carboxylic acid groups (broad SMARTS) is 1.